The fourth-order valence-electron chi connectivity index (χ4n) is 1.61. The molecule has 17 heavy (non-hydrogen) atoms. The first kappa shape index (κ1) is 12.0. The molecule has 0 aliphatic rings. The molecule has 0 bridgehead atoms. The van der Waals surface area contributed by atoms with Crippen LogP contribution in [-0.4, -0.2) is 16.0 Å². The molecule has 0 radical (unpaired) electrons. The van der Waals surface area contributed by atoms with Crippen molar-refractivity contribution >= 4 is 11.6 Å². The Hall–Kier alpha value is -1.45. The second kappa shape index (κ2) is 5.25. The lowest BCUT2D eigenvalue weighted by Crippen LogP contribution is -2.18. The maximum atomic E-state index is 5.94. The number of hydrogen-bond acceptors (Lipinski definition) is 3. The lowest BCUT2D eigenvalue weighted by atomic mass is 10.1. The van der Waals surface area contributed by atoms with Crippen LogP contribution in [0.4, 0.5) is 0 Å². The summed E-state index contributed by atoms with van der Waals surface area (Å²) in [5, 5.41) is 0.684. The third-order valence-corrected chi connectivity index (χ3v) is 2.56. The standard InChI is InChI=1S/C13H14ClN3/c1-9(15)7-12-5-6-16-13(17-12)10-3-2-4-11(14)8-10/h2-6,8-9H,7,15H2,1H3. The van der Waals surface area contributed by atoms with Gasteiger partial charge in [0.25, 0.3) is 0 Å². The predicted octanol–water partition coefficient (Wildman–Crippen LogP) is 2.69. The summed E-state index contributed by atoms with van der Waals surface area (Å²) >= 11 is 5.94. The topological polar surface area (TPSA) is 51.8 Å². The third-order valence-electron chi connectivity index (χ3n) is 2.33. The van der Waals surface area contributed by atoms with Gasteiger partial charge in [0.1, 0.15) is 0 Å². The van der Waals surface area contributed by atoms with Gasteiger partial charge in [0.2, 0.25) is 0 Å². The van der Waals surface area contributed by atoms with E-state index in [4.69, 9.17) is 17.3 Å². The van der Waals surface area contributed by atoms with Crippen LogP contribution >= 0.6 is 11.6 Å². The van der Waals surface area contributed by atoms with Crippen LogP contribution in [0.25, 0.3) is 11.4 Å². The van der Waals surface area contributed by atoms with Gasteiger partial charge in [0.15, 0.2) is 5.82 Å². The number of nitrogens with two attached hydrogens (primary N) is 1. The van der Waals surface area contributed by atoms with Crippen molar-refractivity contribution in [2.24, 2.45) is 5.73 Å². The van der Waals surface area contributed by atoms with Crippen molar-refractivity contribution in [3.8, 4) is 11.4 Å². The molecular formula is C13H14ClN3. The second-order valence-electron chi connectivity index (χ2n) is 4.06. The Morgan fingerprint density at radius 2 is 2.18 bits per heavy atom. The van der Waals surface area contributed by atoms with Gasteiger partial charge < -0.3 is 5.73 Å². The number of rotatable bonds is 3. The van der Waals surface area contributed by atoms with Crippen molar-refractivity contribution in [1.29, 1.82) is 0 Å². The Balaban J connectivity index is 2.33. The van der Waals surface area contributed by atoms with Crippen molar-refractivity contribution in [3.05, 3.63) is 47.2 Å². The quantitative estimate of drug-likeness (QED) is 0.907. The van der Waals surface area contributed by atoms with E-state index >= 15 is 0 Å². The van der Waals surface area contributed by atoms with Gasteiger partial charge in [-0.05, 0) is 25.1 Å². The molecule has 0 saturated heterocycles. The van der Waals surface area contributed by atoms with Crippen LogP contribution in [0.2, 0.25) is 5.02 Å². The van der Waals surface area contributed by atoms with Crippen LogP contribution in [0, 0.1) is 0 Å². The van der Waals surface area contributed by atoms with E-state index in [1.165, 1.54) is 0 Å². The maximum Gasteiger partial charge on any atom is 0.159 e. The highest BCUT2D eigenvalue weighted by Crippen LogP contribution is 2.19. The number of aromatic nitrogens is 2. The van der Waals surface area contributed by atoms with E-state index in [2.05, 4.69) is 9.97 Å². The molecule has 2 aromatic rings. The molecule has 4 heteroatoms. The van der Waals surface area contributed by atoms with Gasteiger partial charge in [-0.15, -0.1) is 0 Å². The van der Waals surface area contributed by atoms with Crippen LogP contribution in [0.3, 0.4) is 0 Å². The largest absolute Gasteiger partial charge is 0.328 e. The van der Waals surface area contributed by atoms with Crippen molar-refractivity contribution in [2.75, 3.05) is 0 Å². The zero-order valence-electron chi connectivity index (χ0n) is 9.60. The van der Waals surface area contributed by atoms with Crippen LogP contribution in [0.15, 0.2) is 36.5 Å². The molecule has 0 fully saturated rings. The normalized spacial score (nSPS) is 12.4. The monoisotopic (exact) mass is 247 g/mol. The van der Waals surface area contributed by atoms with E-state index in [-0.39, 0.29) is 6.04 Å². The summed E-state index contributed by atoms with van der Waals surface area (Å²) in [6.07, 6.45) is 2.50. The summed E-state index contributed by atoms with van der Waals surface area (Å²) in [5.74, 6) is 0.686. The lowest BCUT2D eigenvalue weighted by Gasteiger charge is -2.06. The minimum absolute atomic E-state index is 0.0945. The highest BCUT2D eigenvalue weighted by molar-refractivity contribution is 6.30. The molecule has 2 N–H and O–H groups in total. The van der Waals surface area contributed by atoms with E-state index in [9.17, 15) is 0 Å². The Morgan fingerprint density at radius 1 is 1.35 bits per heavy atom. The molecule has 1 atom stereocenters. The SMILES string of the molecule is CC(N)Cc1ccnc(-c2cccc(Cl)c2)n1. The van der Waals surface area contributed by atoms with Gasteiger partial charge in [-0.3, -0.25) is 0 Å². The summed E-state index contributed by atoms with van der Waals surface area (Å²) in [6.45, 7) is 1.96. The number of benzene rings is 1. The molecule has 0 aliphatic heterocycles. The first-order valence-corrected chi connectivity index (χ1v) is 5.86. The van der Waals surface area contributed by atoms with Crippen LogP contribution in [0.5, 0.6) is 0 Å². The van der Waals surface area contributed by atoms with Gasteiger partial charge in [-0.2, -0.15) is 0 Å². The van der Waals surface area contributed by atoms with E-state index in [0.29, 0.717) is 10.8 Å². The number of halogens is 1. The Kier molecular flexibility index (Phi) is 3.71. The first-order valence-electron chi connectivity index (χ1n) is 5.48. The zero-order valence-corrected chi connectivity index (χ0v) is 10.4. The van der Waals surface area contributed by atoms with Gasteiger partial charge in [-0.1, -0.05) is 23.7 Å². The average molecular weight is 248 g/mol. The van der Waals surface area contributed by atoms with Crippen molar-refractivity contribution in [1.82, 2.24) is 9.97 Å². The van der Waals surface area contributed by atoms with Crippen molar-refractivity contribution in [2.45, 2.75) is 19.4 Å². The van der Waals surface area contributed by atoms with Gasteiger partial charge in [0.05, 0.1) is 0 Å². The zero-order chi connectivity index (χ0) is 12.3. The highest BCUT2D eigenvalue weighted by Gasteiger charge is 2.04. The summed E-state index contributed by atoms with van der Waals surface area (Å²) in [7, 11) is 0. The van der Waals surface area contributed by atoms with Crippen LogP contribution in [-0.2, 0) is 6.42 Å². The van der Waals surface area contributed by atoms with Crippen LogP contribution in [0.1, 0.15) is 12.6 Å². The molecule has 0 spiro atoms. The number of hydrogen-bond donors (Lipinski definition) is 1. The summed E-state index contributed by atoms with van der Waals surface area (Å²) in [6, 6.07) is 9.49. The van der Waals surface area contributed by atoms with Crippen molar-refractivity contribution in [3.63, 3.8) is 0 Å². The van der Waals surface area contributed by atoms with Gasteiger partial charge in [-0.25, -0.2) is 9.97 Å². The molecule has 0 saturated carbocycles. The second-order valence-corrected chi connectivity index (χ2v) is 4.50. The Morgan fingerprint density at radius 3 is 2.88 bits per heavy atom. The van der Waals surface area contributed by atoms with E-state index < -0.39 is 0 Å². The van der Waals surface area contributed by atoms with Gasteiger partial charge >= 0.3 is 0 Å². The van der Waals surface area contributed by atoms with Crippen molar-refractivity contribution < 1.29 is 0 Å². The smallest absolute Gasteiger partial charge is 0.159 e. The first-order chi connectivity index (χ1) is 8.15. The Labute approximate surface area is 106 Å². The molecule has 2 rings (SSSR count). The molecular weight excluding hydrogens is 234 g/mol. The third kappa shape index (κ3) is 3.25. The molecule has 1 aromatic carbocycles. The van der Waals surface area contributed by atoms with E-state index in [0.717, 1.165) is 17.7 Å². The van der Waals surface area contributed by atoms with Crippen LogP contribution < -0.4 is 5.73 Å². The molecule has 1 aromatic heterocycles. The van der Waals surface area contributed by atoms with E-state index in [1.807, 2.05) is 37.3 Å². The summed E-state index contributed by atoms with van der Waals surface area (Å²) in [5.41, 5.74) is 7.63. The summed E-state index contributed by atoms with van der Waals surface area (Å²) in [4.78, 5) is 8.72. The molecule has 0 aliphatic carbocycles. The molecule has 1 heterocycles. The fraction of sp³-hybridized carbons (Fsp3) is 0.231. The Bertz CT molecular complexity index is 512. The summed E-state index contributed by atoms with van der Waals surface area (Å²) < 4.78 is 0. The lowest BCUT2D eigenvalue weighted by molar-refractivity contribution is 0.720. The minimum atomic E-state index is 0.0945. The average Bonchev–Trinajstić information content (AvgIpc) is 2.28. The molecule has 0 amide bonds. The maximum absolute atomic E-state index is 5.94. The predicted molar refractivity (Wildman–Crippen MR) is 69.8 cm³/mol. The molecule has 1 unspecified atom stereocenters. The highest BCUT2D eigenvalue weighted by atomic mass is 35.5. The minimum Gasteiger partial charge on any atom is -0.328 e. The van der Waals surface area contributed by atoms with E-state index in [1.54, 1.807) is 6.20 Å². The van der Waals surface area contributed by atoms with Gasteiger partial charge in [0, 0.05) is 34.9 Å². The molecule has 88 valence electrons. The molecule has 3 nitrogen and oxygen atoms in total. The number of nitrogens with zero attached hydrogens (tertiary/aromatic N) is 2. The fourth-order valence-corrected chi connectivity index (χ4v) is 1.80.